The second kappa shape index (κ2) is 5.74. The van der Waals surface area contributed by atoms with Gasteiger partial charge in [0.1, 0.15) is 0 Å². The van der Waals surface area contributed by atoms with E-state index in [1.54, 1.807) is 0 Å². The molecule has 0 saturated heterocycles. The highest BCUT2D eigenvalue weighted by Gasteiger charge is 2.36. The maximum Gasteiger partial charge on any atom is 0.0171 e. The number of benzene rings is 6. The normalized spacial score (nSPS) is 14.4. The van der Waals surface area contributed by atoms with Crippen molar-refractivity contribution in [1.29, 1.82) is 0 Å². The minimum absolute atomic E-state index is 0.106. The van der Waals surface area contributed by atoms with Gasteiger partial charge in [-0.25, -0.2) is 0 Å². The Hall–Kier alpha value is -3.64. The van der Waals surface area contributed by atoms with Crippen molar-refractivity contribution in [2.24, 2.45) is 0 Å². The third-order valence-corrected chi connectivity index (χ3v) is 7.31. The molecular weight excluding hydrogens is 372 g/mol. The van der Waals surface area contributed by atoms with Crippen LogP contribution in [0.4, 0.5) is 0 Å². The zero-order chi connectivity index (χ0) is 20.7. The van der Waals surface area contributed by atoms with Crippen LogP contribution in [0.3, 0.4) is 0 Å². The molecule has 0 spiro atoms. The summed E-state index contributed by atoms with van der Waals surface area (Å²) < 4.78 is 0. The van der Waals surface area contributed by atoms with Crippen LogP contribution >= 0.6 is 0 Å². The minimum atomic E-state index is -0.106. The highest BCUT2D eigenvalue weighted by atomic mass is 14.4. The maximum absolute atomic E-state index is 2.41. The summed E-state index contributed by atoms with van der Waals surface area (Å²) in [6, 6.07) is 36.1. The van der Waals surface area contributed by atoms with E-state index in [-0.39, 0.29) is 5.41 Å². The first-order valence-electron chi connectivity index (χ1n) is 11.0. The largest absolute Gasteiger partial charge is 0.0616 e. The van der Waals surface area contributed by atoms with Crippen LogP contribution in [0.1, 0.15) is 25.0 Å². The van der Waals surface area contributed by atoms with Gasteiger partial charge in [0.2, 0.25) is 0 Å². The van der Waals surface area contributed by atoms with Gasteiger partial charge in [-0.1, -0.05) is 92.7 Å². The van der Waals surface area contributed by atoms with E-state index < -0.39 is 0 Å². The Morgan fingerprint density at radius 1 is 0.452 bits per heavy atom. The average molecular weight is 395 g/mol. The number of rotatable bonds is 0. The lowest BCUT2D eigenvalue weighted by molar-refractivity contribution is 0.657. The van der Waals surface area contributed by atoms with Crippen molar-refractivity contribution in [3.05, 3.63) is 108 Å². The van der Waals surface area contributed by atoms with Gasteiger partial charge in [-0.15, -0.1) is 0 Å². The molecule has 1 aliphatic carbocycles. The van der Waals surface area contributed by atoms with Crippen LogP contribution in [0.15, 0.2) is 97.1 Å². The van der Waals surface area contributed by atoms with Gasteiger partial charge in [-0.3, -0.25) is 0 Å². The molecule has 31 heavy (non-hydrogen) atoms. The smallest absolute Gasteiger partial charge is 0.0171 e. The minimum Gasteiger partial charge on any atom is -0.0616 e. The molecule has 146 valence electrons. The van der Waals surface area contributed by atoms with Gasteiger partial charge in [0.15, 0.2) is 0 Å². The molecule has 0 fully saturated rings. The van der Waals surface area contributed by atoms with Gasteiger partial charge in [0, 0.05) is 5.41 Å². The predicted octanol–water partition coefficient (Wildman–Crippen LogP) is 8.61. The van der Waals surface area contributed by atoms with E-state index in [1.807, 2.05) is 0 Å². The fraction of sp³-hybridized carbons (Fsp3) is 0.0968. The quantitative estimate of drug-likeness (QED) is 0.226. The van der Waals surface area contributed by atoms with Crippen LogP contribution in [0.25, 0.3) is 54.2 Å². The summed E-state index contributed by atoms with van der Waals surface area (Å²) in [5.74, 6) is 0. The van der Waals surface area contributed by atoms with Gasteiger partial charge in [-0.2, -0.15) is 0 Å². The third-order valence-electron chi connectivity index (χ3n) is 7.31. The van der Waals surface area contributed by atoms with Crippen molar-refractivity contribution in [2.75, 3.05) is 0 Å². The molecule has 1 aliphatic rings. The van der Waals surface area contributed by atoms with Crippen molar-refractivity contribution >= 4 is 43.1 Å². The molecule has 0 heterocycles. The Balaban J connectivity index is 1.73. The molecule has 7 rings (SSSR count). The Kier molecular flexibility index (Phi) is 3.16. The van der Waals surface area contributed by atoms with Gasteiger partial charge in [-0.05, 0) is 83.5 Å². The highest BCUT2D eigenvalue weighted by Crippen LogP contribution is 2.53. The van der Waals surface area contributed by atoms with Crippen molar-refractivity contribution in [2.45, 2.75) is 19.3 Å². The Labute approximate surface area is 181 Å². The first-order valence-corrected chi connectivity index (χ1v) is 11.0. The van der Waals surface area contributed by atoms with Crippen molar-refractivity contribution in [3.8, 4) is 11.1 Å². The summed E-state index contributed by atoms with van der Waals surface area (Å²) >= 11 is 0. The molecule has 0 N–H and O–H groups in total. The first-order chi connectivity index (χ1) is 15.1. The van der Waals surface area contributed by atoms with Crippen molar-refractivity contribution < 1.29 is 0 Å². The van der Waals surface area contributed by atoms with Gasteiger partial charge >= 0.3 is 0 Å². The molecule has 0 aromatic heterocycles. The monoisotopic (exact) mass is 394 g/mol. The van der Waals surface area contributed by atoms with Crippen LogP contribution in [-0.2, 0) is 5.41 Å². The summed E-state index contributed by atoms with van der Waals surface area (Å²) in [7, 11) is 0. The van der Waals surface area contributed by atoms with Crippen LogP contribution in [0, 0.1) is 0 Å². The Morgan fingerprint density at radius 3 is 1.94 bits per heavy atom. The summed E-state index contributed by atoms with van der Waals surface area (Å²) in [6.07, 6.45) is 0. The van der Waals surface area contributed by atoms with E-state index in [4.69, 9.17) is 0 Å². The summed E-state index contributed by atoms with van der Waals surface area (Å²) in [4.78, 5) is 0. The van der Waals surface area contributed by atoms with Gasteiger partial charge < -0.3 is 0 Å². The third kappa shape index (κ3) is 2.15. The lowest BCUT2D eigenvalue weighted by Gasteiger charge is -2.37. The molecule has 0 radical (unpaired) electrons. The molecule has 0 saturated carbocycles. The highest BCUT2D eigenvalue weighted by molar-refractivity contribution is 6.14. The number of hydrogen-bond acceptors (Lipinski definition) is 0. The molecule has 0 aliphatic heterocycles. The van der Waals surface area contributed by atoms with Crippen molar-refractivity contribution in [3.63, 3.8) is 0 Å². The van der Waals surface area contributed by atoms with E-state index in [2.05, 4.69) is 111 Å². The van der Waals surface area contributed by atoms with E-state index in [0.29, 0.717) is 0 Å². The lowest BCUT2D eigenvalue weighted by atomic mass is 9.65. The van der Waals surface area contributed by atoms with Crippen LogP contribution < -0.4 is 0 Å². The van der Waals surface area contributed by atoms with Gasteiger partial charge in [0.25, 0.3) is 0 Å². The Morgan fingerprint density at radius 2 is 1.10 bits per heavy atom. The fourth-order valence-electron chi connectivity index (χ4n) is 6.03. The summed E-state index contributed by atoms with van der Waals surface area (Å²) in [5.41, 5.74) is 5.55. The molecule has 0 bridgehead atoms. The zero-order valence-electron chi connectivity index (χ0n) is 17.7. The second-order valence-electron chi connectivity index (χ2n) is 9.41. The molecular formula is C31H22. The fourth-order valence-corrected chi connectivity index (χ4v) is 6.03. The molecule has 0 nitrogen and oxygen atoms in total. The number of hydrogen-bond donors (Lipinski definition) is 0. The van der Waals surface area contributed by atoms with Gasteiger partial charge in [0.05, 0.1) is 0 Å². The van der Waals surface area contributed by atoms with E-state index in [9.17, 15) is 0 Å². The summed E-state index contributed by atoms with van der Waals surface area (Å²) in [5, 5.41) is 10.7. The van der Waals surface area contributed by atoms with Crippen LogP contribution in [0.2, 0.25) is 0 Å². The summed E-state index contributed by atoms with van der Waals surface area (Å²) in [6.45, 7) is 4.83. The predicted molar refractivity (Wildman–Crippen MR) is 134 cm³/mol. The van der Waals surface area contributed by atoms with Crippen LogP contribution in [0.5, 0.6) is 0 Å². The molecule has 0 amide bonds. The van der Waals surface area contributed by atoms with E-state index in [0.717, 1.165) is 0 Å². The van der Waals surface area contributed by atoms with E-state index in [1.165, 1.54) is 65.3 Å². The maximum atomic E-state index is 2.41. The lowest BCUT2D eigenvalue weighted by Crippen LogP contribution is -2.24. The molecule has 6 aromatic carbocycles. The molecule has 6 aromatic rings. The molecule has 0 unspecified atom stereocenters. The average Bonchev–Trinajstić information content (AvgIpc) is 2.79. The van der Waals surface area contributed by atoms with Crippen molar-refractivity contribution in [1.82, 2.24) is 0 Å². The SMILES string of the molecule is CC1(C)c2c(ccc3cc4ccccc4cc23)-c2cccc3cc4ccccc4c1c23. The Bertz CT molecular complexity index is 1700. The van der Waals surface area contributed by atoms with Crippen LogP contribution in [-0.4, -0.2) is 0 Å². The molecule has 0 atom stereocenters. The second-order valence-corrected chi connectivity index (χ2v) is 9.41. The standard InChI is InChI=1S/C31H22/c1-31(2)29-26(15-14-22-16-19-8-3-4-9-20(19)18-27(22)29)25-13-7-11-23-17-21-10-5-6-12-24(21)30(31)28(23)25/h3-18H,1-2H3. The topological polar surface area (TPSA) is 0 Å². The van der Waals surface area contributed by atoms with E-state index >= 15 is 0 Å². The number of fused-ring (bicyclic) bond motifs is 7. The first kappa shape index (κ1) is 17.1. The molecule has 0 heteroatoms. The zero-order valence-corrected chi connectivity index (χ0v) is 17.7.